The van der Waals surface area contributed by atoms with Crippen molar-refractivity contribution in [2.45, 2.75) is 6.10 Å². The van der Waals surface area contributed by atoms with Gasteiger partial charge in [-0.15, -0.1) is 0 Å². The maximum atomic E-state index is 11.3. The summed E-state index contributed by atoms with van der Waals surface area (Å²) in [7, 11) is 2.98. The molecule has 0 aliphatic carbocycles. The third-order valence-corrected chi connectivity index (χ3v) is 1.96. The van der Waals surface area contributed by atoms with E-state index in [1.807, 2.05) is 0 Å². The molecule has 17 heavy (non-hydrogen) atoms. The predicted octanol–water partition coefficient (Wildman–Crippen LogP) is -0.359. The van der Waals surface area contributed by atoms with Crippen molar-refractivity contribution < 1.29 is 19.4 Å². The second kappa shape index (κ2) is 5.85. The van der Waals surface area contributed by atoms with Crippen LogP contribution >= 0.6 is 0 Å². The first-order valence-corrected chi connectivity index (χ1v) is 4.83. The Balaban J connectivity index is 2.37. The van der Waals surface area contributed by atoms with Crippen LogP contribution < -0.4 is 10.6 Å². The smallest absolute Gasteiger partial charge is 0.334 e. The number of carbonyl (C=O) groups excluding carboxylic acids is 1. The van der Waals surface area contributed by atoms with E-state index in [9.17, 15) is 9.59 Å². The number of rotatable bonds is 5. The Kier molecular flexibility index (Phi) is 4.46. The van der Waals surface area contributed by atoms with E-state index in [1.54, 1.807) is 19.3 Å². The Morgan fingerprint density at radius 3 is 2.82 bits per heavy atom. The first-order valence-electron chi connectivity index (χ1n) is 4.83. The summed E-state index contributed by atoms with van der Waals surface area (Å²) in [6.07, 6.45) is 0.606. The number of aromatic nitrogens is 2. The van der Waals surface area contributed by atoms with Crippen LogP contribution in [-0.2, 0) is 16.6 Å². The average molecular weight is 242 g/mol. The van der Waals surface area contributed by atoms with Gasteiger partial charge in [0.2, 0.25) is 0 Å². The third-order valence-electron chi connectivity index (χ3n) is 1.96. The van der Waals surface area contributed by atoms with Gasteiger partial charge in [-0.25, -0.2) is 9.59 Å². The van der Waals surface area contributed by atoms with Gasteiger partial charge in [0, 0.05) is 26.4 Å². The number of anilines is 1. The highest BCUT2D eigenvalue weighted by molar-refractivity contribution is 5.88. The van der Waals surface area contributed by atoms with Crippen LogP contribution in [0.2, 0.25) is 0 Å². The van der Waals surface area contributed by atoms with Crippen molar-refractivity contribution in [2.24, 2.45) is 7.05 Å². The van der Waals surface area contributed by atoms with Crippen LogP contribution in [-0.4, -0.2) is 46.6 Å². The molecule has 0 fully saturated rings. The first-order chi connectivity index (χ1) is 8.02. The van der Waals surface area contributed by atoms with E-state index in [2.05, 4.69) is 20.5 Å². The van der Waals surface area contributed by atoms with Gasteiger partial charge in [0.1, 0.15) is 0 Å². The summed E-state index contributed by atoms with van der Waals surface area (Å²) >= 11 is 0. The molecular formula is C9H14N4O4. The number of ether oxygens (including phenoxy) is 1. The highest BCUT2D eigenvalue weighted by atomic mass is 16.5. The molecule has 0 radical (unpaired) electrons. The van der Waals surface area contributed by atoms with Gasteiger partial charge in [0.25, 0.3) is 0 Å². The van der Waals surface area contributed by atoms with Crippen LogP contribution in [0.3, 0.4) is 0 Å². The molecule has 0 aliphatic heterocycles. The zero-order valence-electron chi connectivity index (χ0n) is 9.51. The van der Waals surface area contributed by atoms with E-state index in [1.165, 1.54) is 11.8 Å². The van der Waals surface area contributed by atoms with E-state index in [0.717, 1.165) is 0 Å². The van der Waals surface area contributed by atoms with E-state index >= 15 is 0 Å². The number of aliphatic carboxylic acids is 1. The molecule has 0 aromatic carbocycles. The summed E-state index contributed by atoms with van der Waals surface area (Å²) in [4.78, 5) is 21.9. The normalized spacial score (nSPS) is 11.9. The lowest BCUT2D eigenvalue weighted by Crippen LogP contribution is -2.39. The number of urea groups is 1. The lowest BCUT2D eigenvalue weighted by molar-refractivity contribution is -0.147. The summed E-state index contributed by atoms with van der Waals surface area (Å²) in [6, 6.07) is 1.08. The molecule has 0 bridgehead atoms. The van der Waals surface area contributed by atoms with Gasteiger partial charge < -0.3 is 15.2 Å². The molecule has 0 spiro atoms. The number of nitrogens with zero attached hydrogens (tertiary/aromatic N) is 2. The number of carboxylic acid groups (broad SMARTS) is 1. The van der Waals surface area contributed by atoms with Crippen LogP contribution in [0.15, 0.2) is 12.3 Å². The number of aryl methyl sites for hydroxylation is 1. The van der Waals surface area contributed by atoms with Crippen LogP contribution in [0.5, 0.6) is 0 Å². The molecule has 8 heteroatoms. The number of nitrogens with one attached hydrogen (secondary N) is 2. The molecule has 1 heterocycles. The van der Waals surface area contributed by atoms with Gasteiger partial charge in [-0.05, 0) is 0 Å². The maximum Gasteiger partial charge on any atom is 0.334 e. The summed E-state index contributed by atoms with van der Waals surface area (Å²) in [5.41, 5.74) is 0. The van der Waals surface area contributed by atoms with Gasteiger partial charge in [0.15, 0.2) is 11.9 Å². The number of hydrogen-bond acceptors (Lipinski definition) is 4. The Morgan fingerprint density at radius 2 is 2.35 bits per heavy atom. The maximum absolute atomic E-state index is 11.3. The molecule has 1 unspecified atom stereocenters. The molecule has 8 nitrogen and oxygen atoms in total. The Bertz CT molecular complexity index is 403. The molecule has 0 saturated carbocycles. The second-order valence-corrected chi connectivity index (χ2v) is 3.27. The van der Waals surface area contributed by atoms with E-state index in [4.69, 9.17) is 5.11 Å². The lowest BCUT2D eigenvalue weighted by atomic mass is 10.3. The fraction of sp³-hybridized carbons (Fsp3) is 0.444. The van der Waals surface area contributed by atoms with Crippen molar-refractivity contribution in [3.05, 3.63) is 12.3 Å². The van der Waals surface area contributed by atoms with E-state index in [0.29, 0.717) is 5.82 Å². The minimum absolute atomic E-state index is 0.121. The van der Waals surface area contributed by atoms with Gasteiger partial charge in [-0.1, -0.05) is 0 Å². The summed E-state index contributed by atoms with van der Waals surface area (Å²) in [5, 5.41) is 17.4. The predicted molar refractivity (Wildman–Crippen MR) is 58.7 cm³/mol. The standard InChI is InChI=1S/C9H14N4O4/c1-13-4-3-7(12-13)11-9(16)10-5-6(17-2)8(14)15/h3-4,6H,5H2,1-2H3,(H,14,15)(H2,10,11,12,16). The SMILES string of the molecule is COC(CNC(=O)Nc1ccn(C)n1)C(=O)O. The zero-order chi connectivity index (χ0) is 12.8. The fourth-order valence-corrected chi connectivity index (χ4v) is 1.10. The van der Waals surface area contributed by atoms with E-state index in [-0.39, 0.29) is 6.54 Å². The fourth-order valence-electron chi connectivity index (χ4n) is 1.10. The van der Waals surface area contributed by atoms with Crippen molar-refractivity contribution >= 4 is 17.8 Å². The van der Waals surface area contributed by atoms with Crippen molar-refractivity contribution in [2.75, 3.05) is 19.0 Å². The highest BCUT2D eigenvalue weighted by Crippen LogP contribution is 1.99. The minimum atomic E-state index is -1.13. The monoisotopic (exact) mass is 242 g/mol. The summed E-state index contributed by atoms with van der Waals surface area (Å²) < 4.78 is 6.19. The number of carbonyl (C=O) groups is 2. The topological polar surface area (TPSA) is 105 Å². The molecule has 1 atom stereocenters. The Hall–Kier alpha value is -2.09. The summed E-state index contributed by atoms with van der Waals surface area (Å²) in [6.45, 7) is -0.121. The van der Waals surface area contributed by atoms with Crippen molar-refractivity contribution in [3.63, 3.8) is 0 Å². The third kappa shape index (κ3) is 4.11. The van der Waals surface area contributed by atoms with Crippen molar-refractivity contribution in [3.8, 4) is 0 Å². The molecule has 1 rings (SSSR count). The number of hydrogen-bond donors (Lipinski definition) is 3. The Labute approximate surface area is 97.6 Å². The molecule has 1 aromatic rings. The number of amides is 2. The van der Waals surface area contributed by atoms with Crippen molar-refractivity contribution in [1.82, 2.24) is 15.1 Å². The highest BCUT2D eigenvalue weighted by Gasteiger charge is 2.17. The summed E-state index contributed by atoms with van der Waals surface area (Å²) in [5.74, 6) is -0.750. The molecule has 94 valence electrons. The largest absolute Gasteiger partial charge is 0.479 e. The second-order valence-electron chi connectivity index (χ2n) is 3.27. The van der Waals surface area contributed by atoms with Gasteiger partial charge in [-0.2, -0.15) is 5.10 Å². The van der Waals surface area contributed by atoms with Crippen LogP contribution in [0.4, 0.5) is 10.6 Å². The molecule has 1 aromatic heterocycles. The minimum Gasteiger partial charge on any atom is -0.479 e. The lowest BCUT2D eigenvalue weighted by Gasteiger charge is -2.11. The number of methoxy groups -OCH3 is 1. The van der Waals surface area contributed by atoms with Gasteiger partial charge in [-0.3, -0.25) is 10.00 Å². The van der Waals surface area contributed by atoms with Crippen molar-refractivity contribution in [1.29, 1.82) is 0 Å². The molecule has 2 amide bonds. The quantitative estimate of drug-likeness (QED) is 0.654. The first kappa shape index (κ1) is 13.0. The van der Waals surface area contributed by atoms with E-state index < -0.39 is 18.1 Å². The van der Waals surface area contributed by atoms with Gasteiger partial charge in [0.05, 0.1) is 6.54 Å². The molecular weight excluding hydrogens is 228 g/mol. The van der Waals surface area contributed by atoms with Gasteiger partial charge >= 0.3 is 12.0 Å². The number of carboxylic acids is 1. The molecule has 3 N–H and O–H groups in total. The van der Waals surface area contributed by atoms with Crippen LogP contribution in [0, 0.1) is 0 Å². The molecule has 0 aliphatic rings. The molecule has 0 saturated heterocycles. The average Bonchev–Trinajstić information content (AvgIpc) is 2.64. The van der Waals surface area contributed by atoms with Crippen LogP contribution in [0.1, 0.15) is 0 Å². The Morgan fingerprint density at radius 1 is 1.65 bits per heavy atom. The zero-order valence-corrected chi connectivity index (χ0v) is 9.51. The van der Waals surface area contributed by atoms with Crippen LogP contribution in [0.25, 0.3) is 0 Å².